The van der Waals surface area contributed by atoms with E-state index < -0.39 is 0 Å². The van der Waals surface area contributed by atoms with E-state index in [4.69, 9.17) is 5.11 Å². The van der Waals surface area contributed by atoms with Crippen molar-refractivity contribution in [2.45, 2.75) is 45.6 Å². The summed E-state index contributed by atoms with van der Waals surface area (Å²) in [6.45, 7) is 5.71. The first-order chi connectivity index (χ1) is 8.69. The summed E-state index contributed by atoms with van der Waals surface area (Å²) in [5, 5.41) is 12.8. The molecule has 1 aliphatic rings. The highest BCUT2D eigenvalue weighted by atomic mass is 16.3. The second-order valence-corrected chi connectivity index (χ2v) is 5.73. The zero-order chi connectivity index (χ0) is 13.0. The monoisotopic (exact) mass is 247 g/mol. The Morgan fingerprint density at radius 1 is 1.28 bits per heavy atom. The van der Waals surface area contributed by atoms with Crippen molar-refractivity contribution in [3.63, 3.8) is 0 Å². The summed E-state index contributed by atoms with van der Waals surface area (Å²) in [5.41, 5.74) is 3.09. The molecule has 1 atom stereocenters. The number of hydrogen-bond acceptors (Lipinski definition) is 2. The van der Waals surface area contributed by atoms with Crippen LogP contribution in [0.3, 0.4) is 0 Å². The van der Waals surface area contributed by atoms with Gasteiger partial charge in [0.15, 0.2) is 0 Å². The molecule has 18 heavy (non-hydrogen) atoms. The van der Waals surface area contributed by atoms with Gasteiger partial charge < -0.3 is 10.4 Å². The third-order valence-electron chi connectivity index (χ3n) is 4.21. The van der Waals surface area contributed by atoms with Crippen molar-refractivity contribution in [3.8, 4) is 0 Å². The van der Waals surface area contributed by atoms with Gasteiger partial charge in [-0.15, -0.1) is 0 Å². The van der Waals surface area contributed by atoms with E-state index in [1.165, 1.54) is 24.0 Å². The maximum Gasteiger partial charge on any atom is 0.0436 e. The van der Waals surface area contributed by atoms with Gasteiger partial charge in [-0.3, -0.25) is 0 Å². The zero-order valence-corrected chi connectivity index (χ0v) is 11.6. The molecule has 2 heteroatoms. The topological polar surface area (TPSA) is 32.3 Å². The van der Waals surface area contributed by atoms with E-state index in [-0.39, 0.29) is 0 Å². The van der Waals surface area contributed by atoms with Crippen LogP contribution >= 0.6 is 0 Å². The van der Waals surface area contributed by atoms with Crippen molar-refractivity contribution < 1.29 is 5.11 Å². The van der Waals surface area contributed by atoms with E-state index in [1.807, 2.05) is 0 Å². The Kier molecular flexibility index (Phi) is 4.41. The van der Waals surface area contributed by atoms with Crippen LogP contribution in [0.1, 0.15) is 49.8 Å². The van der Waals surface area contributed by atoms with Gasteiger partial charge in [0.2, 0.25) is 0 Å². The first-order valence-electron chi connectivity index (χ1n) is 7.10. The lowest BCUT2D eigenvalue weighted by atomic mass is 9.99. The fourth-order valence-corrected chi connectivity index (χ4v) is 2.57. The Morgan fingerprint density at radius 2 is 1.94 bits per heavy atom. The Morgan fingerprint density at radius 3 is 2.44 bits per heavy atom. The molecule has 2 nitrogen and oxygen atoms in total. The highest BCUT2D eigenvalue weighted by Gasteiger charge is 2.41. The first-order valence-corrected chi connectivity index (χ1v) is 7.10. The van der Waals surface area contributed by atoms with Crippen LogP contribution in [0.15, 0.2) is 24.3 Å². The largest absolute Gasteiger partial charge is 0.396 e. The lowest BCUT2D eigenvalue weighted by Gasteiger charge is -2.22. The normalized spacial score (nSPS) is 18.6. The van der Waals surface area contributed by atoms with Gasteiger partial charge in [-0.25, -0.2) is 0 Å². The molecule has 0 spiro atoms. The standard InChI is InChI=1S/C16H25NO/c1-3-15(14-6-4-13(2)5-7-14)17-12-16(8-9-16)10-11-18/h4-7,15,17-18H,3,8-12H2,1-2H3. The van der Waals surface area contributed by atoms with Gasteiger partial charge in [-0.05, 0) is 43.6 Å². The number of nitrogens with one attached hydrogen (secondary N) is 1. The van der Waals surface area contributed by atoms with Gasteiger partial charge in [-0.1, -0.05) is 36.8 Å². The SMILES string of the molecule is CCC(NCC1(CCO)CC1)c1ccc(C)cc1. The summed E-state index contributed by atoms with van der Waals surface area (Å²) in [6, 6.07) is 9.26. The van der Waals surface area contributed by atoms with Crippen molar-refractivity contribution in [1.29, 1.82) is 0 Å². The summed E-state index contributed by atoms with van der Waals surface area (Å²) >= 11 is 0. The van der Waals surface area contributed by atoms with Crippen LogP contribution < -0.4 is 5.32 Å². The lowest BCUT2D eigenvalue weighted by molar-refractivity contribution is 0.242. The quantitative estimate of drug-likeness (QED) is 0.775. The molecule has 0 radical (unpaired) electrons. The number of aliphatic hydroxyl groups excluding tert-OH is 1. The molecule has 100 valence electrons. The van der Waals surface area contributed by atoms with Gasteiger partial charge in [-0.2, -0.15) is 0 Å². The lowest BCUT2D eigenvalue weighted by Crippen LogP contribution is -2.28. The molecule has 2 rings (SSSR count). The fraction of sp³-hybridized carbons (Fsp3) is 0.625. The molecule has 1 aromatic rings. The van der Waals surface area contributed by atoms with E-state index >= 15 is 0 Å². The van der Waals surface area contributed by atoms with E-state index in [0.29, 0.717) is 18.1 Å². The van der Waals surface area contributed by atoms with Crippen molar-refractivity contribution in [3.05, 3.63) is 35.4 Å². The van der Waals surface area contributed by atoms with E-state index in [1.54, 1.807) is 0 Å². The summed E-state index contributed by atoms with van der Waals surface area (Å²) in [5.74, 6) is 0. The van der Waals surface area contributed by atoms with Crippen LogP contribution in [0.4, 0.5) is 0 Å². The Hall–Kier alpha value is -0.860. The minimum atomic E-state index is 0.322. The Labute approximate surface area is 110 Å². The molecule has 0 bridgehead atoms. The van der Waals surface area contributed by atoms with E-state index in [2.05, 4.69) is 43.4 Å². The zero-order valence-electron chi connectivity index (χ0n) is 11.6. The third kappa shape index (κ3) is 3.33. The number of rotatable bonds is 7. The third-order valence-corrected chi connectivity index (χ3v) is 4.21. The highest BCUT2D eigenvalue weighted by molar-refractivity contribution is 5.24. The van der Waals surface area contributed by atoms with Crippen molar-refractivity contribution >= 4 is 0 Å². The van der Waals surface area contributed by atoms with Gasteiger partial charge in [0, 0.05) is 19.2 Å². The van der Waals surface area contributed by atoms with Gasteiger partial charge in [0.25, 0.3) is 0 Å². The smallest absolute Gasteiger partial charge is 0.0436 e. The molecule has 1 saturated carbocycles. The van der Waals surface area contributed by atoms with Crippen LogP contribution in [0, 0.1) is 12.3 Å². The molecule has 0 saturated heterocycles. The molecule has 1 aromatic carbocycles. The van der Waals surface area contributed by atoms with Crippen LogP contribution in [-0.4, -0.2) is 18.3 Å². The maximum absolute atomic E-state index is 9.08. The minimum absolute atomic E-state index is 0.322. The predicted molar refractivity (Wildman–Crippen MR) is 75.6 cm³/mol. The van der Waals surface area contributed by atoms with Gasteiger partial charge >= 0.3 is 0 Å². The molecular weight excluding hydrogens is 222 g/mol. The number of benzene rings is 1. The minimum Gasteiger partial charge on any atom is -0.396 e. The molecule has 0 amide bonds. The van der Waals surface area contributed by atoms with E-state index in [0.717, 1.165) is 19.4 Å². The van der Waals surface area contributed by atoms with Crippen molar-refractivity contribution in [2.75, 3.05) is 13.2 Å². The van der Waals surface area contributed by atoms with Crippen LogP contribution in [-0.2, 0) is 0 Å². The molecule has 0 aliphatic heterocycles. The molecular formula is C16H25NO. The Bertz CT molecular complexity index is 367. The summed E-state index contributed by atoms with van der Waals surface area (Å²) in [4.78, 5) is 0. The molecule has 1 unspecified atom stereocenters. The fourth-order valence-electron chi connectivity index (χ4n) is 2.57. The first kappa shape index (κ1) is 13.6. The maximum atomic E-state index is 9.08. The second-order valence-electron chi connectivity index (χ2n) is 5.73. The summed E-state index contributed by atoms with van der Waals surface area (Å²) < 4.78 is 0. The Balaban J connectivity index is 1.91. The van der Waals surface area contributed by atoms with Gasteiger partial charge in [0.05, 0.1) is 0 Å². The number of aryl methyl sites for hydroxylation is 1. The van der Waals surface area contributed by atoms with Crippen molar-refractivity contribution in [2.24, 2.45) is 5.41 Å². The van der Waals surface area contributed by atoms with Gasteiger partial charge in [0.1, 0.15) is 0 Å². The summed E-state index contributed by atoms with van der Waals surface area (Å²) in [6.07, 6.45) is 4.60. The molecule has 1 fully saturated rings. The second kappa shape index (κ2) is 5.85. The number of hydrogen-bond donors (Lipinski definition) is 2. The average molecular weight is 247 g/mol. The average Bonchev–Trinajstić information content (AvgIpc) is 3.13. The predicted octanol–water partition coefficient (Wildman–Crippen LogP) is 3.20. The molecule has 2 N–H and O–H groups in total. The highest BCUT2D eigenvalue weighted by Crippen LogP contribution is 2.48. The van der Waals surface area contributed by atoms with Crippen molar-refractivity contribution in [1.82, 2.24) is 5.32 Å². The summed E-state index contributed by atoms with van der Waals surface area (Å²) in [7, 11) is 0. The van der Waals surface area contributed by atoms with Crippen LogP contribution in [0.5, 0.6) is 0 Å². The number of aliphatic hydroxyl groups is 1. The molecule has 1 aliphatic carbocycles. The molecule has 0 heterocycles. The van der Waals surface area contributed by atoms with Crippen LogP contribution in [0.25, 0.3) is 0 Å². The van der Waals surface area contributed by atoms with Crippen LogP contribution in [0.2, 0.25) is 0 Å². The molecule has 0 aromatic heterocycles. The van der Waals surface area contributed by atoms with E-state index in [9.17, 15) is 0 Å².